The Labute approximate surface area is 86.0 Å². The lowest BCUT2D eigenvalue weighted by Crippen LogP contribution is -2.30. The second kappa shape index (κ2) is 5.61. The van der Waals surface area contributed by atoms with Crippen molar-refractivity contribution >= 4 is 17.7 Å². The van der Waals surface area contributed by atoms with Crippen LogP contribution in [0, 0.1) is 0 Å². The molecule has 1 aromatic heterocycles. The van der Waals surface area contributed by atoms with Gasteiger partial charge in [-0.1, -0.05) is 18.7 Å². The molecule has 0 bridgehead atoms. The van der Waals surface area contributed by atoms with Gasteiger partial charge in [0.25, 0.3) is 0 Å². The normalized spacial score (nSPS) is 12.4. The summed E-state index contributed by atoms with van der Waals surface area (Å²) in [5.41, 5.74) is 2.10. The molecule has 0 saturated heterocycles. The molecule has 1 amide bonds. The van der Waals surface area contributed by atoms with Crippen molar-refractivity contribution < 1.29 is 4.79 Å². The van der Waals surface area contributed by atoms with Crippen molar-refractivity contribution in [2.24, 2.45) is 5.84 Å². The van der Waals surface area contributed by atoms with Gasteiger partial charge >= 0.3 is 0 Å². The standard InChI is InChI=1S/C7H13N5OS/c1-5(2-3-6(13)11-8)14-7-9-4-10-12-7/h4-5H,2-3,8H2,1H3,(H,11,13)(H,9,10,12). The number of carbonyl (C=O) groups is 1. The summed E-state index contributed by atoms with van der Waals surface area (Å²) in [4.78, 5) is 14.8. The molecule has 0 spiro atoms. The number of amides is 1. The van der Waals surface area contributed by atoms with Crippen LogP contribution in [0.5, 0.6) is 0 Å². The van der Waals surface area contributed by atoms with Crippen LogP contribution in [0.3, 0.4) is 0 Å². The second-order valence-electron chi connectivity index (χ2n) is 2.83. The number of nitrogens with two attached hydrogens (primary N) is 1. The Balaban J connectivity index is 2.22. The highest BCUT2D eigenvalue weighted by Gasteiger charge is 2.08. The van der Waals surface area contributed by atoms with Gasteiger partial charge in [0, 0.05) is 11.7 Å². The first-order valence-corrected chi connectivity index (χ1v) is 5.12. The molecule has 1 aromatic rings. The summed E-state index contributed by atoms with van der Waals surface area (Å²) < 4.78 is 0. The zero-order valence-corrected chi connectivity index (χ0v) is 8.67. The minimum Gasteiger partial charge on any atom is -0.294 e. The van der Waals surface area contributed by atoms with Gasteiger partial charge in [-0.3, -0.25) is 15.3 Å². The second-order valence-corrected chi connectivity index (χ2v) is 4.25. The lowest BCUT2D eigenvalue weighted by Gasteiger charge is -2.07. The van der Waals surface area contributed by atoms with Gasteiger partial charge in [-0.05, 0) is 6.42 Å². The number of carbonyl (C=O) groups excluding carboxylic acids is 1. The first kappa shape index (κ1) is 11.0. The highest BCUT2D eigenvalue weighted by Crippen LogP contribution is 2.21. The predicted octanol–water partition coefficient (Wildman–Crippen LogP) is 0.0554. The average Bonchev–Trinajstić information content (AvgIpc) is 2.66. The molecule has 0 aliphatic heterocycles. The number of hydrazine groups is 1. The van der Waals surface area contributed by atoms with Crippen LogP contribution in [-0.4, -0.2) is 26.3 Å². The molecule has 6 nitrogen and oxygen atoms in total. The lowest BCUT2D eigenvalue weighted by atomic mass is 10.2. The fourth-order valence-electron chi connectivity index (χ4n) is 0.907. The Morgan fingerprint density at radius 3 is 3.21 bits per heavy atom. The quantitative estimate of drug-likeness (QED) is 0.279. The number of hydrogen-bond donors (Lipinski definition) is 3. The van der Waals surface area contributed by atoms with Crippen LogP contribution in [-0.2, 0) is 4.79 Å². The number of aromatic amines is 1. The number of thioether (sulfide) groups is 1. The molecule has 14 heavy (non-hydrogen) atoms. The topological polar surface area (TPSA) is 96.7 Å². The molecule has 1 heterocycles. The Morgan fingerprint density at radius 2 is 2.64 bits per heavy atom. The highest BCUT2D eigenvalue weighted by atomic mass is 32.2. The molecule has 0 aliphatic rings. The van der Waals surface area contributed by atoms with Crippen molar-refractivity contribution in [1.82, 2.24) is 20.6 Å². The van der Waals surface area contributed by atoms with Crippen molar-refractivity contribution in [3.63, 3.8) is 0 Å². The van der Waals surface area contributed by atoms with Gasteiger partial charge in [-0.25, -0.2) is 10.8 Å². The highest BCUT2D eigenvalue weighted by molar-refractivity contribution is 7.99. The SMILES string of the molecule is CC(CCC(=O)NN)Sc1ncn[nH]1. The van der Waals surface area contributed by atoms with Crippen LogP contribution < -0.4 is 11.3 Å². The molecule has 78 valence electrons. The third-order valence-corrected chi connectivity index (χ3v) is 2.70. The molecule has 7 heteroatoms. The fourth-order valence-corrected chi connectivity index (χ4v) is 1.74. The smallest absolute Gasteiger partial charge is 0.233 e. The van der Waals surface area contributed by atoms with Crippen LogP contribution in [0.2, 0.25) is 0 Å². The fraction of sp³-hybridized carbons (Fsp3) is 0.571. The summed E-state index contributed by atoms with van der Waals surface area (Å²) in [6.07, 6.45) is 2.65. The van der Waals surface area contributed by atoms with E-state index >= 15 is 0 Å². The Morgan fingerprint density at radius 1 is 1.86 bits per heavy atom. The number of hydrogen-bond acceptors (Lipinski definition) is 5. The van der Waals surface area contributed by atoms with E-state index in [0.29, 0.717) is 11.7 Å². The summed E-state index contributed by atoms with van der Waals surface area (Å²) in [7, 11) is 0. The van der Waals surface area contributed by atoms with Crippen LogP contribution in [0.25, 0.3) is 0 Å². The van der Waals surface area contributed by atoms with E-state index in [2.05, 4.69) is 20.6 Å². The first-order chi connectivity index (χ1) is 6.72. The number of rotatable bonds is 5. The zero-order valence-electron chi connectivity index (χ0n) is 7.86. The van der Waals surface area contributed by atoms with Crippen molar-refractivity contribution in [1.29, 1.82) is 0 Å². The Kier molecular flexibility index (Phi) is 4.41. The molecule has 1 unspecified atom stereocenters. The third kappa shape index (κ3) is 3.75. The lowest BCUT2D eigenvalue weighted by molar-refractivity contribution is -0.121. The van der Waals surface area contributed by atoms with Crippen LogP contribution >= 0.6 is 11.8 Å². The monoisotopic (exact) mass is 215 g/mol. The summed E-state index contributed by atoms with van der Waals surface area (Å²) in [5.74, 6) is 4.82. The molecule has 1 rings (SSSR count). The van der Waals surface area contributed by atoms with Crippen molar-refractivity contribution in [3.8, 4) is 0 Å². The molecule has 0 fully saturated rings. The van der Waals surface area contributed by atoms with Crippen LogP contribution in [0.15, 0.2) is 11.5 Å². The number of aromatic nitrogens is 3. The summed E-state index contributed by atoms with van der Waals surface area (Å²) in [5, 5.41) is 7.55. The minimum absolute atomic E-state index is 0.144. The molecule has 0 saturated carbocycles. The molecular formula is C7H13N5OS. The van der Waals surface area contributed by atoms with Crippen LogP contribution in [0.1, 0.15) is 19.8 Å². The van der Waals surface area contributed by atoms with E-state index < -0.39 is 0 Å². The van der Waals surface area contributed by atoms with Crippen LogP contribution in [0.4, 0.5) is 0 Å². The molecule has 4 N–H and O–H groups in total. The van der Waals surface area contributed by atoms with E-state index in [1.165, 1.54) is 6.33 Å². The maximum Gasteiger partial charge on any atom is 0.233 e. The van der Waals surface area contributed by atoms with Gasteiger partial charge in [0.2, 0.25) is 5.91 Å². The van der Waals surface area contributed by atoms with Gasteiger partial charge in [0.1, 0.15) is 6.33 Å². The third-order valence-electron chi connectivity index (χ3n) is 1.64. The molecule has 0 aliphatic carbocycles. The number of nitrogens with zero attached hydrogens (tertiary/aromatic N) is 2. The van der Waals surface area contributed by atoms with Crippen molar-refractivity contribution in [2.75, 3.05) is 0 Å². The van der Waals surface area contributed by atoms with Gasteiger partial charge in [-0.15, -0.1) is 0 Å². The van der Waals surface area contributed by atoms with E-state index in [0.717, 1.165) is 11.6 Å². The van der Waals surface area contributed by atoms with Gasteiger partial charge in [-0.2, -0.15) is 5.10 Å². The van der Waals surface area contributed by atoms with Gasteiger partial charge < -0.3 is 0 Å². The number of H-pyrrole nitrogens is 1. The summed E-state index contributed by atoms with van der Waals surface area (Å²) in [6, 6.07) is 0. The van der Waals surface area contributed by atoms with Gasteiger partial charge in [0.15, 0.2) is 5.16 Å². The predicted molar refractivity (Wildman–Crippen MR) is 53.3 cm³/mol. The Bertz CT molecular complexity index is 276. The largest absolute Gasteiger partial charge is 0.294 e. The van der Waals surface area contributed by atoms with Crippen molar-refractivity contribution in [2.45, 2.75) is 30.2 Å². The van der Waals surface area contributed by atoms with E-state index in [-0.39, 0.29) is 5.91 Å². The number of nitrogens with one attached hydrogen (secondary N) is 2. The average molecular weight is 215 g/mol. The van der Waals surface area contributed by atoms with Gasteiger partial charge in [0.05, 0.1) is 0 Å². The summed E-state index contributed by atoms with van der Waals surface area (Å²) >= 11 is 1.55. The van der Waals surface area contributed by atoms with E-state index in [4.69, 9.17) is 5.84 Å². The minimum atomic E-state index is -0.144. The molecule has 0 radical (unpaired) electrons. The van der Waals surface area contributed by atoms with E-state index in [1.54, 1.807) is 11.8 Å². The zero-order chi connectivity index (χ0) is 10.4. The summed E-state index contributed by atoms with van der Waals surface area (Å²) in [6.45, 7) is 2.02. The maximum absolute atomic E-state index is 10.8. The molecule has 1 atom stereocenters. The Hall–Kier alpha value is -1.08. The van der Waals surface area contributed by atoms with Crippen molar-refractivity contribution in [3.05, 3.63) is 6.33 Å². The maximum atomic E-state index is 10.8. The molecule has 0 aromatic carbocycles. The van der Waals surface area contributed by atoms with E-state index in [1.807, 2.05) is 6.92 Å². The molecular weight excluding hydrogens is 202 g/mol. The first-order valence-electron chi connectivity index (χ1n) is 4.24. The van der Waals surface area contributed by atoms with E-state index in [9.17, 15) is 4.79 Å².